The van der Waals surface area contributed by atoms with Crippen LogP contribution in [-0.2, 0) is 9.59 Å². The number of hydrogen-bond donors (Lipinski definition) is 0. The maximum absolute atomic E-state index is 12.9. The minimum Gasteiger partial charge on any atom is -0.491 e. The first-order valence-electron chi connectivity index (χ1n) is 9.61. The molecular weight excluding hydrogens is 346 g/mol. The van der Waals surface area contributed by atoms with Crippen LogP contribution in [0.1, 0.15) is 43.0 Å². The van der Waals surface area contributed by atoms with E-state index in [0.29, 0.717) is 62.6 Å². The molecule has 0 N–H and O–H groups in total. The first-order chi connectivity index (χ1) is 13.0. The van der Waals surface area contributed by atoms with Gasteiger partial charge in [-0.3, -0.25) is 14.4 Å². The second-order valence-corrected chi connectivity index (χ2v) is 7.01. The van der Waals surface area contributed by atoms with E-state index in [0.717, 1.165) is 12.8 Å². The number of nitrogens with zero attached hydrogens (tertiary/aromatic N) is 3. The number of unbranched alkanes of at least 4 members (excludes halogenated alkanes) is 1. The monoisotopic (exact) mass is 373 g/mol. The van der Waals surface area contributed by atoms with Crippen molar-refractivity contribution in [2.24, 2.45) is 0 Å². The van der Waals surface area contributed by atoms with Crippen molar-refractivity contribution < 1.29 is 19.1 Å². The Kier molecular flexibility index (Phi) is 5.98. The van der Waals surface area contributed by atoms with Crippen molar-refractivity contribution in [3.63, 3.8) is 0 Å². The van der Waals surface area contributed by atoms with Crippen LogP contribution in [0.4, 0.5) is 5.69 Å². The van der Waals surface area contributed by atoms with E-state index in [1.165, 1.54) is 0 Å². The Morgan fingerprint density at radius 1 is 1.11 bits per heavy atom. The maximum Gasteiger partial charge on any atom is 0.254 e. The Bertz CT molecular complexity index is 726. The van der Waals surface area contributed by atoms with Gasteiger partial charge in [0.25, 0.3) is 5.91 Å². The van der Waals surface area contributed by atoms with E-state index in [1.54, 1.807) is 35.0 Å². The standard InChI is InChI=1S/C20H27N3O4/c1-3-4-5-19(25)22-9-11-23(12-10-22)20(26)15-6-7-17-16(14-15)21(2)18(24)8-13-27-17/h6-7,14H,3-5,8-13H2,1-2H3. The molecule has 0 bridgehead atoms. The lowest BCUT2D eigenvalue weighted by molar-refractivity contribution is -0.132. The van der Waals surface area contributed by atoms with Gasteiger partial charge in [-0.2, -0.15) is 0 Å². The number of hydrogen-bond acceptors (Lipinski definition) is 4. The van der Waals surface area contributed by atoms with Gasteiger partial charge < -0.3 is 19.4 Å². The lowest BCUT2D eigenvalue weighted by Crippen LogP contribution is -2.50. The molecule has 0 radical (unpaired) electrons. The summed E-state index contributed by atoms with van der Waals surface area (Å²) in [5.74, 6) is 0.679. The Morgan fingerprint density at radius 3 is 2.52 bits per heavy atom. The summed E-state index contributed by atoms with van der Waals surface area (Å²) < 4.78 is 5.61. The lowest BCUT2D eigenvalue weighted by Gasteiger charge is -2.35. The highest BCUT2D eigenvalue weighted by molar-refractivity contribution is 5.99. The molecule has 2 aliphatic rings. The van der Waals surface area contributed by atoms with Crippen LogP contribution in [0.25, 0.3) is 0 Å². The number of amides is 3. The number of carbonyl (C=O) groups excluding carboxylic acids is 3. The number of rotatable bonds is 4. The first kappa shape index (κ1) is 19.2. The van der Waals surface area contributed by atoms with Gasteiger partial charge in [-0.25, -0.2) is 0 Å². The largest absolute Gasteiger partial charge is 0.491 e. The van der Waals surface area contributed by atoms with Crippen molar-refractivity contribution in [2.75, 3.05) is 44.7 Å². The normalized spacial score (nSPS) is 17.3. The molecule has 0 aromatic heterocycles. The summed E-state index contributed by atoms with van der Waals surface area (Å²) >= 11 is 0. The fourth-order valence-electron chi connectivity index (χ4n) is 3.41. The van der Waals surface area contributed by atoms with Gasteiger partial charge in [-0.05, 0) is 24.6 Å². The molecule has 7 nitrogen and oxygen atoms in total. The SMILES string of the molecule is CCCCC(=O)N1CCN(C(=O)c2ccc3c(c2)N(C)C(=O)CCO3)CC1. The number of fused-ring (bicyclic) bond motifs is 1. The van der Waals surface area contributed by atoms with E-state index >= 15 is 0 Å². The van der Waals surface area contributed by atoms with Gasteiger partial charge in [0.1, 0.15) is 5.75 Å². The van der Waals surface area contributed by atoms with Gasteiger partial charge in [-0.15, -0.1) is 0 Å². The summed E-state index contributed by atoms with van der Waals surface area (Å²) in [5.41, 5.74) is 1.15. The van der Waals surface area contributed by atoms with E-state index in [2.05, 4.69) is 6.92 Å². The van der Waals surface area contributed by atoms with Gasteiger partial charge >= 0.3 is 0 Å². The molecule has 0 spiro atoms. The summed E-state index contributed by atoms with van der Waals surface area (Å²) in [6.45, 7) is 4.61. The van der Waals surface area contributed by atoms with Crippen molar-refractivity contribution in [1.82, 2.24) is 9.80 Å². The van der Waals surface area contributed by atoms with Gasteiger partial charge in [0.05, 0.1) is 18.7 Å². The first-order valence-corrected chi connectivity index (χ1v) is 9.61. The molecule has 3 amide bonds. The minimum atomic E-state index is -0.0800. The molecule has 2 heterocycles. The van der Waals surface area contributed by atoms with Crippen LogP contribution in [0.2, 0.25) is 0 Å². The van der Waals surface area contributed by atoms with Crippen molar-refractivity contribution in [3.8, 4) is 5.75 Å². The predicted octanol–water partition coefficient (Wildman–Crippen LogP) is 1.91. The molecule has 146 valence electrons. The highest BCUT2D eigenvalue weighted by atomic mass is 16.5. The molecule has 7 heteroatoms. The van der Waals surface area contributed by atoms with Crippen LogP contribution in [0.3, 0.4) is 0 Å². The molecule has 1 aromatic carbocycles. The van der Waals surface area contributed by atoms with Crippen LogP contribution < -0.4 is 9.64 Å². The third-order valence-electron chi connectivity index (χ3n) is 5.18. The molecule has 3 rings (SSSR count). The average molecular weight is 373 g/mol. The van der Waals surface area contributed by atoms with Crippen LogP contribution in [0.15, 0.2) is 18.2 Å². The highest BCUT2D eigenvalue weighted by Crippen LogP contribution is 2.32. The molecule has 1 aromatic rings. The molecule has 0 atom stereocenters. The van der Waals surface area contributed by atoms with Gasteiger partial charge in [0.15, 0.2) is 0 Å². The Balaban J connectivity index is 1.66. The smallest absolute Gasteiger partial charge is 0.254 e. The van der Waals surface area contributed by atoms with Crippen LogP contribution in [-0.4, -0.2) is 67.4 Å². The zero-order valence-corrected chi connectivity index (χ0v) is 16.1. The van der Waals surface area contributed by atoms with Crippen LogP contribution in [0, 0.1) is 0 Å². The van der Waals surface area contributed by atoms with Crippen molar-refractivity contribution >= 4 is 23.4 Å². The number of ether oxygens (including phenoxy) is 1. The van der Waals surface area contributed by atoms with E-state index in [9.17, 15) is 14.4 Å². The lowest BCUT2D eigenvalue weighted by atomic mass is 10.1. The molecule has 0 aliphatic carbocycles. The summed E-state index contributed by atoms with van der Waals surface area (Å²) in [6.07, 6.45) is 2.81. The van der Waals surface area contributed by atoms with Crippen molar-refractivity contribution in [1.29, 1.82) is 0 Å². The zero-order valence-electron chi connectivity index (χ0n) is 16.1. The summed E-state index contributed by atoms with van der Waals surface area (Å²) in [7, 11) is 1.70. The van der Waals surface area contributed by atoms with Gasteiger partial charge in [0, 0.05) is 45.2 Å². The van der Waals surface area contributed by atoms with E-state index in [1.807, 2.05) is 4.90 Å². The van der Waals surface area contributed by atoms with E-state index < -0.39 is 0 Å². The quantitative estimate of drug-likeness (QED) is 0.808. The number of piperazine rings is 1. The van der Waals surface area contributed by atoms with Crippen LogP contribution >= 0.6 is 0 Å². The molecule has 27 heavy (non-hydrogen) atoms. The van der Waals surface area contributed by atoms with E-state index in [4.69, 9.17) is 4.74 Å². The molecule has 2 aliphatic heterocycles. The maximum atomic E-state index is 12.9. The summed E-state index contributed by atoms with van der Waals surface area (Å²) in [5, 5.41) is 0. The second-order valence-electron chi connectivity index (χ2n) is 7.01. The third kappa shape index (κ3) is 4.23. The number of carbonyl (C=O) groups is 3. The number of anilines is 1. The highest BCUT2D eigenvalue weighted by Gasteiger charge is 2.26. The number of benzene rings is 1. The fraction of sp³-hybridized carbons (Fsp3) is 0.550. The zero-order chi connectivity index (χ0) is 19.4. The molecule has 1 fully saturated rings. The van der Waals surface area contributed by atoms with Gasteiger partial charge in [0.2, 0.25) is 11.8 Å². The average Bonchev–Trinajstić information content (AvgIpc) is 2.84. The summed E-state index contributed by atoms with van der Waals surface area (Å²) in [6, 6.07) is 5.21. The fourth-order valence-corrected chi connectivity index (χ4v) is 3.41. The second kappa shape index (κ2) is 8.41. The van der Waals surface area contributed by atoms with Crippen molar-refractivity contribution in [3.05, 3.63) is 23.8 Å². The van der Waals surface area contributed by atoms with Crippen molar-refractivity contribution in [2.45, 2.75) is 32.6 Å². The predicted molar refractivity (Wildman–Crippen MR) is 102 cm³/mol. The van der Waals surface area contributed by atoms with Gasteiger partial charge in [-0.1, -0.05) is 13.3 Å². The summed E-state index contributed by atoms with van der Waals surface area (Å²) in [4.78, 5) is 42.2. The molecule has 1 saturated heterocycles. The Morgan fingerprint density at radius 2 is 1.81 bits per heavy atom. The minimum absolute atomic E-state index is 0.0300. The molecule has 0 saturated carbocycles. The third-order valence-corrected chi connectivity index (χ3v) is 5.18. The Hall–Kier alpha value is -2.57. The molecule has 0 unspecified atom stereocenters. The van der Waals surface area contributed by atoms with E-state index in [-0.39, 0.29) is 17.7 Å². The topological polar surface area (TPSA) is 70.2 Å². The molecular formula is C20H27N3O4. The van der Waals surface area contributed by atoms with Crippen LogP contribution in [0.5, 0.6) is 5.75 Å². The Labute approximate surface area is 159 Å².